The van der Waals surface area contributed by atoms with Crippen molar-refractivity contribution in [3.05, 3.63) is 78.9 Å². The Morgan fingerprint density at radius 2 is 1.08 bits per heavy atom. The van der Waals surface area contributed by atoms with E-state index in [1.54, 1.807) is 14.2 Å². The van der Waals surface area contributed by atoms with Crippen molar-refractivity contribution >= 4 is 22.4 Å². The lowest BCUT2D eigenvalue weighted by Gasteiger charge is -2.38. The summed E-state index contributed by atoms with van der Waals surface area (Å²) in [6, 6.07) is 30.9. The SMILES string of the molecule is COc1ccc(-c2nc3c(-c4ccc(N5CCN(C(C)C)CC5)cc4)cc(-c4ccc(N5CCN(C(C)C)CC5)cc4)cc3n2C2CC2)cc1OC. The third-order valence-electron chi connectivity index (χ3n) is 11.5. The van der Waals surface area contributed by atoms with E-state index in [-0.39, 0.29) is 0 Å². The summed E-state index contributed by atoms with van der Waals surface area (Å²) < 4.78 is 13.8. The summed E-state index contributed by atoms with van der Waals surface area (Å²) in [7, 11) is 3.38. The van der Waals surface area contributed by atoms with E-state index < -0.39 is 0 Å². The molecule has 4 aromatic carbocycles. The predicted octanol–water partition coefficient (Wildman–Crippen LogP) is 8.45. The number of aromatic nitrogens is 2. The van der Waals surface area contributed by atoms with Gasteiger partial charge in [-0.15, -0.1) is 0 Å². The molecule has 2 aliphatic heterocycles. The molecule has 5 aromatic rings. The summed E-state index contributed by atoms with van der Waals surface area (Å²) in [6.07, 6.45) is 2.31. The Labute approximate surface area is 309 Å². The number of rotatable bonds is 10. The molecule has 272 valence electrons. The zero-order chi connectivity index (χ0) is 35.9. The van der Waals surface area contributed by atoms with E-state index in [1.165, 1.54) is 39.1 Å². The minimum absolute atomic E-state index is 0.426. The van der Waals surface area contributed by atoms with Gasteiger partial charge in [0.05, 0.1) is 25.3 Å². The van der Waals surface area contributed by atoms with Gasteiger partial charge in [-0.05, 0) is 112 Å². The summed E-state index contributed by atoms with van der Waals surface area (Å²) >= 11 is 0. The first-order valence-electron chi connectivity index (χ1n) is 19.3. The predicted molar refractivity (Wildman–Crippen MR) is 215 cm³/mol. The number of imidazole rings is 1. The summed E-state index contributed by atoms with van der Waals surface area (Å²) in [5.74, 6) is 2.41. The first-order chi connectivity index (χ1) is 25.3. The maximum Gasteiger partial charge on any atom is 0.161 e. The Morgan fingerprint density at radius 1 is 0.558 bits per heavy atom. The highest BCUT2D eigenvalue weighted by molar-refractivity contribution is 5.98. The number of ether oxygens (including phenoxy) is 2. The van der Waals surface area contributed by atoms with Crippen LogP contribution < -0.4 is 19.3 Å². The molecule has 0 unspecified atom stereocenters. The lowest BCUT2D eigenvalue weighted by atomic mass is 9.96. The van der Waals surface area contributed by atoms with Gasteiger partial charge in [-0.25, -0.2) is 4.98 Å². The fourth-order valence-electron chi connectivity index (χ4n) is 8.17. The summed E-state index contributed by atoms with van der Waals surface area (Å²) in [4.78, 5) is 15.6. The standard InChI is InChI=1S/C44H54N6O2/c1-30(2)46-19-23-48(24-20-46)36-12-7-32(8-13-36)35-27-39(33-9-14-37(15-10-33)49-25-21-47(22-26-49)31(3)4)43-40(28-35)50(38-16-17-38)44(45-43)34-11-18-41(51-5)42(29-34)52-6/h7-15,18,27-31,38H,16-17,19-26H2,1-6H3. The molecular formula is C44H54N6O2. The van der Waals surface area contributed by atoms with Gasteiger partial charge in [0.1, 0.15) is 5.82 Å². The Bertz CT molecular complexity index is 2000. The van der Waals surface area contributed by atoms with Gasteiger partial charge < -0.3 is 23.8 Å². The van der Waals surface area contributed by atoms with Crippen LogP contribution in [-0.2, 0) is 0 Å². The summed E-state index contributed by atoms with van der Waals surface area (Å²) in [5, 5.41) is 0. The zero-order valence-corrected chi connectivity index (χ0v) is 31.8. The Hall–Kier alpha value is -4.53. The number of benzene rings is 4. The fraction of sp³-hybridized carbons (Fsp3) is 0.432. The number of methoxy groups -OCH3 is 2. The molecule has 0 amide bonds. The van der Waals surface area contributed by atoms with Gasteiger partial charge in [0.2, 0.25) is 0 Å². The van der Waals surface area contributed by atoms with Gasteiger partial charge in [-0.3, -0.25) is 9.80 Å². The summed E-state index contributed by atoms with van der Waals surface area (Å²) in [6.45, 7) is 17.9. The van der Waals surface area contributed by atoms with Crippen molar-refractivity contribution in [3.63, 3.8) is 0 Å². The fourth-order valence-corrected chi connectivity index (χ4v) is 8.17. The average molecular weight is 699 g/mol. The van der Waals surface area contributed by atoms with Crippen LogP contribution in [0.5, 0.6) is 11.5 Å². The quantitative estimate of drug-likeness (QED) is 0.145. The second-order valence-electron chi connectivity index (χ2n) is 15.3. The van der Waals surface area contributed by atoms with Crippen LogP contribution >= 0.6 is 0 Å². The van der Waals surface area contributed by atoms with Crippen molar-refractivity contribution in [1.82, 2.24) is 19.4 Å². The van der Waals surface area contributed by atoms with Gasteiger partial charge in [0.15, 0.2) is 11.5 Å². The second kappa shape index (κ2) is 14.5. The van der Waals surface area contributed by atoms with Gasteiger partial charge in [-0.1, -0.05) is 24.3 Å². The third kappa shape index (κ3) is 6.74. The van der Waals surface area contributed by atoms with Crippen LogP contribution in [0.4, 0.5) is 11.4 Å². The lowest BCUT2D eigenvalue weighted by molar-refractivity contribution is 0.209. The van der Waals surface area contributed by atoms with Gasteiger partial charge in [0, 0.05) is 93.0 Å². The molecule has 2 saturated heterocycles. The lowest BCUT2D eigenvalue weighted by Crippen LogP contribution is -2.48. The second-order valence-corrected chi connectivity index (χ2v) is 15.3. The molecule has 3 heterocycles. The van der Waals surface area contributed by atoms with E-state index in [2.05, 4.69) is 125 Å². The van der Waals surface area contributed by atoms with Crippen molar-refractivity contribution in [2.75, 3.05) is 76.4 Å². The van der Waals surface area contributed by atoms with Crippen molar-refractivity contribution in [2.24, 2.45) is 0 Å². The normalized spacial score (nSPS) is 17.5. The Morgan fingerprint density at radius 3 is 1.58 bits per heavy atom. The number of hydrogen-bond acceptors (Lipinski definition) is 7. The highest BCUT2D eigenvalue weighted by atomic mass is 16.5. The van der Waals surface area contributed by atoms with Crippen molar-refractivity contribution in [1.29, 1.82) is 0 Å². The number of fused-ring (bicyclic) bond motifs is 1. The minimum atomic E-state index is 0.426. The molecule has 0 atom stereocenters. The Balaban J connectivity index is 1.19. The van der Waals surface area contributed by atoms with Crippen molar-refractivity contribution < 1.29 is 9.47 Å². The number of hydrogen-bond donors (Lipinski definition) is 0. The van der Waals surface area contributed by atoms with Crippen LogP contribution in [0.3, 0.4) is 0 Å². The van der Waals surface area contributed by atoms with Crippen LogP contribution in [0.1, 0.15) is 46.6 Å². The molecule has 3 aliphatic rings. The number of nitrogens with zero attached hydrogens (tertiary/aromatic N) is 6. The molecule has 8 rings (SSSR count). The van der Waals surface area contributed by atoms with E-state index in [0.29, 0.717) is 23.9 Å². The van der Waals surface area contributed by atoms with E-state index in [0.717, 1.165) is 87.9 Å². The van der Waals surface area contributed by atoms with E-state index >= 15 is 0 Å². The van der Waals surface area contributed by atoms with Gasteiger partial charge >= 0.3 is 0 Å². The van der Waals surface area contributed by atoms with Crippen LogP contribution in [0.2, 0.25) is 0 Å². The molecule has 52 heavy (non-hydrogen) atoms. The van der Waals surface area contributed by atoms with Crippen LogP contribution in [-0.4, -0.2) is 98.0 Å². The van der Waals surface area contributed by atoms with Gasteiger partial charge in [-0.2, -0.15) is 0 Å². The smallest absolute Gasteiger partial charge is 0.161 e. The highest BCUT2D eigenvalue weighted by Gasteiger charge is 2.31. The topological polar surface area (TPSA) is 49.2 Å². The van der Waals surface area contributed by atoms with E-state index in [4.69, 9.17) is 14.5 Å². The van der Waals surface area contributed by atoms with Crippen molar-refractivity contribution in [3.8, 4) is 45.1 Å². The number of piperazine rings is 2. The largest absolute Gasteiger partial charge is 0.493 e. The molecule has 0 N–H and O–H groups in total. The molecule has 0 bridgehead atoms. The average Bonchev–Trinajstić information content (AvgIpc) is 3.96. The Kier molecular flexibility index (Phi) is 9.62. The van der Waals surface area contributed by atoms with Crippen molar-refractivity contribution in [2.45, 2.75) is 58.7 Å². The molecule has 1 aliphatic carbocycles. The van der Waals surface area contributed by atoms with Crippen LogP contribution in [0.25, 0.3) is 44.7 Å². The van der Waals surface area contributed by atoms with E-state index in [1.807, 2.05) is 6.07 Å². The molecule has 0 radical (unpaired) electrons. The van der Waals surface area contributed by atoms with E-state index in [9.17, 15) is 0 Å². The number of anilines is 2. The molecule has 8 heteroatoms. The molecule has 1 saturated carbocycles. The minimum Gasteiger partial charge on any atom is -0.493 e. The zero-order valence-electron chi connectivity index (χ0n) is 31.8. The molecule has 1 aromatic heterocycles. The molecule has 0 spiro atoms. The maximum atomic E-state index is 5.73. The maximum absolute atomic E-state index is 5.73. The molecule has 3 fully saturated rings. The highest BCUT2D eigenvalue weighted by Crippen LogP contribution is 2.45. The molecular weight excluding hydrogens is 645 g/mol. The molecule has 8 nitrogen and oxygen atoms in total. The van der Waals surface area contributed by atoms with Crippen LogP contribution in [0, 0.1) is 0 Å². The van der Waals surface area contributed by atoms with Crippen LogP contribution in [0.15, 0.2) is 78.9 Å². The first kappa shape index (κ1) is 34.6. The third-order valence-corrected chi connectivity index (χ3v) is 11.5. The summed E-state index contributed by atoms with van der Waals surface area (Å²) in [5.41, 5.74) is 10.6. The van der Waals surface area contributed by atoms with Gasteiger partial charge in [0.25, 0.3) is 0 Å². The first-order valence-corrected chi connectivity index (χ1v) is 19.3. The monoisotopic (exact) mass is 698 g/mol.